The summed E-state index contributed by atoms with van der Waals surface area (Å²) in [5.41, 5.74) is 0.737. The lowest BCUT2D eigenvalue weighted by Crippen LogP contribution is -2.62. The summed E-state index contributed by atoms with van der Waals surface area (Å²) in [6, 6.07) is 10.5. The van der Waals surface area contributed by atoms with Gasteiger partial charge in [-0.05, 0) is 69.0 Å². The first-order chi connectivity index (χ1) is 18.9. The maximum absolute atomic E-state index is 14.2. The molecule has 3 atom stereocenters. The molecule has 0 aliphatic carbocycles. The Bertz CT molecular complexity index is 1260. The first kappa shape index (κ1) is 29.5. The predicted octanol–water partition coefficient (Wildman–Crippen LogP) is 5.50. The van der Waals surface area contributed by atoms with Gasteiger partial charge in [-0.2, -0.15) is 0 Å². The monoisotopic (exact) mass is 552 g/mol. The van der Waals surface area contributed by atoms with E-state index in [-0.39, 0.29) is 23.7 Å². The van der Waals surface area contributed by atoms with E-state index in [1.807, 2.05) is 40.7 Å². The highest BCUT2D eigenvalue weighted by Gasteiger charge is 2.43. The topological polar surface area (TPSA) is 104 Å². The van der Waals surface area contributed by atoms with Gasteiger partial charge >= 0.3 is 0 Å². The summed E-state index contributed by atoms with van der Waals surface area (Å²) in [6.07, 6.45) is 2.22. The Morgan fingerprint density at radius 2 is 1.98 bits per heavy atom. The van der Waals surface area contributed by atoms with E-state index >= 15 is 0 Å². The fourth-order valence-electron chi connectivity index (χ4n) is 5.75. The summed E-state index contributed by atoms with van der Waals surface area (Å²) in [4.78, 5) is 28.5. The Balaban J connectivity index is 1.63. The molecule has 40 heavy (non-hydrogen) atoms. The number of halogens is 1. The van der Waals surface area contributed by atoms with Crippen LogP contribution in [0.25, 0.3) is 0 Å². The van der Waals surface area contributed by atoms with Crippen molar-refractivity contribution in [1.29, 1.82) is 5.41 Å². The number of fused-ring (bicyclic) bond motifs is 1. The van der Waals surface area contributed by atoms with Crippen LogP contribution in [0.3, 0.4) is 0 Å². The van der Waals surface area contributed by atoms with Gasteiger partial charge in [0.25, 0.3) is 5.91 Å². The highest BCUT2D eigenvalue weighted by molar-refractivity contribution is 6.00. The third-order valence-electron chi connectivity index (χ3n) is 8.74. The van der Waals surface area contributed by atoms with Crippen LogP contribution in [0.5, 0.6) is 5.75 Å². The number of guanidine groups is 1. The van der Waals surface area contributed by atoms with E-state index < -0.39 is 29.0 Å². The molecule has 4 rings (SSSR count). The molecule has 216 valence electrons. The molecule has 0 bridgehead atoms. The zero-order valence-electron chi connectivity index (χ0n) is 24.3. The SMILES string of the molecule is CCC1(CC)CC(=O)N(C(CCOC)c2cccc(C(=O)N[C@@H]3c4cc(F)ccc4OC(C)(C)[C@H]3C)c2)C(=N)N1. The average molecular weight is 553 g/mol. The van der Waals surface area contributed by atoms with Crippen LogP contribution in [0, 0.1) is 17.1 Å². The molecule has 0 saturated carbocycles. The van der Waals surface area contributed by atoms with E-state index in [0.29, 0.717) is 36.3 Å². The Hall–Kier alpha value is -3.46. The fraction of sp³-hybridized carbons (Fsp3) is 0.516. The molecule has 3 N–H and O–H groups in total. The van der Waals surface area contributed by atoms with Crippen molar-refractivity contribution in [3.8, 4) is 5.75 Å². The van der Waals surface area contributed by atoms with E-state index in [0.717, 1.165) is 18.4 Å². The van der Waals surface area contributed by atoms with Crippen LogP contribution in [0.1, 0.15) is 93.9 Å². The van der Waals surface area contributed by atoms with Crippen molar-refractivity contribution in [2.75, 3.05) is 13.7 Å². The van der Waals surface area contributed by atoms with Crippen molar-refractivity contribution in [2.45, 2.75) is 83.5 Å². The van der Waals surface area contributed by atoms with Gasteiger partial charge in [-0.1, -0.05) is 32.9 Å². The van der Waals surface area contributed by atoms with E-state index in [2.05, 4.69) is 10.6 Å². The van der Waals surface area contributed by atoms with Crippen molar-refractivity contribution in [1.82, 2.24) is 15.5 Å². The van der Waals surface area contributed by atoms with Crippen molar-refractivity contribution in [3.63, 3.8) is 0 Å². The van der Waals surface area contributed by atoms with Crippen molar-refractivity contribution >= 4 is 17.8 Å². The molecule has 2 aliphatic rings. The molecule has 2 heterocycles. The first-order valence-electron chi connectivity index (χ1n) is 14.0. The predicted molar refractivity (Wildman–Crippen MR) is 152 cm³/mol. The number of carbonyl (C=O) groups excluding carboxylic acids is 2. The van der Waals surface area contributed by atoms with E-state index in [9.17, 15) is 14.0 Å². The fourth-order valence-corrected chi connectivity index (χ4v) is 5.75. The number of benzene rings is 2. The van der Waals surface area contributed by atoms with Gasteiger partial charge in [0.05, 0.1) is 18.5 Å². The lowest BCUT2D eigenvalue weighted by Gasteiger charge is -2.45. The standard InChI is InChI=1S/C31H41FN4O4/c1-7-31(8-2)18-26(37)36(29(33)35-31)24(14-15-39-6)20-10-9-11-21(16-20)28(38)34-27-19(3)30(4,5)40-25-13-12-22(32)17-23(25)27/h9-13,16-17,19,24,27H,7-8,14-15,18H2,1-6H3,(H2,33,35)(H,34,38)/t19-,24?,27-/m0/s1. The van der Waals surface area contributed by atoms with E-state index in [4.69, 9.17) is 14.9 Å². The number of amides is 2. The minimum atomic E-state index is -0.579. The van der Waals surface area contributed by atoms with Gasteiger partial charge in [-0.3, -0.25) is 19.9 Å². The smallest absolute Gasteiger partial charge is 0.251 e. The van der Waals surface area contributed by atoms with Crippen LogP contribution in [0.15, 0.2) is 42.5 Å². The number of nitrogens with one attached hydrogen (secondary N) is 3. The van der Waals surface area contributed by atoms with Gasteiger partial charge < -0.3 is 20.1 Å². The molecule has 1 saturated heterocycles. The molecule has 8 nitrogen and oxygen atoms in total. The summed E-state index contributed by atoms with van der Waals surface area (Å²) in [6.45, 7) is 10.3. The molecule has 2 aliphatic heterocycles. The van der Waals surface area contributed by atoms with Crippen LogP contribution in [-0.4, -0.2) is 47.5 Å². The Morgan fingerprint density at radius 3 is 2.62 bits per heavy atom. The molecule has 2 amide bonds. The summed E-state index contributed by atoms with van der Waals surface area (Å²) < 4.78 is 25.6. The molecular formula is C31H41FN4O4. The molecule has 1 unspecified atom stereocenters. The van der Waals surface area contributed by atoms with Crippen molar-refractivity contribution < 1.29 is 23.5 Å². The van der Waals surface area contributed by atoms with E-state index in [1.165, 1.54) is 17.0 Å². The molecule has 0 aromatic heterocycles. The van der Waals surface area contributed by atoms with Crippen LogP contribution >= 0.6 is 0 Å². The summed E-state index contributed by atoms with van der Waals surface area (Å²) in [7, 11) is 1.60. The minimum absolute atomic E-state index is 0.0628. The molecular weight excluding hydrogens is 511 g/mol. The number of carbonyl (C=O) groups is 2. The molecule has 9 heteroatoms. The Kier molecular flexibility index (Phi) is 8.54. The molecule has 2 aromatic carbocycles. The summed E-state index contributed by atoms with van der Waals surface area (Å²) in [5, 5.41) is 15.1. The third-order valence-corrected chi connectivity index (χ3v) is 8.74. The lowest BCUT2D eigenvalue weighted by atomic mass is 9.79. The number of nitrogens with zero attached hydrogens (tertiary/aromatic N) is 1. The first-order valence-corrected chi connectivity index (χ1v) is 14.0. The lowest BCUT2D eigenvalue weighted by molar-refractivity contribution is -0.133. The van der Waals surface area contributed by atoms with Crippen molar-refractivity contribution in [2.24, 2.45) is 5.92 Å². The van der Waals surface area contributed by atoms with Crippen LogP contribution < -0.4 is 15.4 Å². The molecule has 2 aromatic rings. The quantitative estimate of drug-likeness (QED) is 0.381. The molecule has 1 fully saturated rings. The van der Waals surface area contributed by atoms with Crippen molar-refractivity contribution in [3.05, 3.63) is 65.0 Å². The summed E-state index contributed by atoms with van der Waals surface area (Å²) in [5.74, 6) is -0.361. The second kappa shape index (κ2) is 11.6. The van der Waals surface area contributed by atoms with Gasteiger partial charge in [0.1, 0.15) is 17.2 Å². The second-order valence-electron chi connectivity index (χ2n) is 11.5. The number of hydrogen-bond acceptors (Lipinski definition) is 5. The highest BCUT2D eigenvalue weighted by Crippen LogP contribution is 2.44. The summed E-state index contributed by atoms with van der Waals surface area (Å²) >= 11 is 0. The number of methoxy groups -OCH3 is 1. The van der Waals surface area contributed by atoms with E-state index in [1.54, 1.807) is 31.4 Å². The third kappa shape index (κ3) is 5.70. The number of hydrogen-bond donors (Lipinski definition) is 3. The van der Waals surface area contributed by atoms with Gasteiger partial charge in [-0.15, -0.1) is 0 Å². The largest absolute Gasteiger partial charge is 0.487 e. The minimum Gasteiger partial charge on any atom is -0.487 e. The normalized spacial score (nSPS) is 22.1. The maximum Gasteiger partial charge on any atom is 0.251 e. The van der Waals surface area contributed by atoms with Crippen LogP contribution in [0.4, 0.5) is 4.39 Å². The highest BCUT2D eigenvalue weighted by atomic mass is 19.1. The Labute approximate surface area is 236 Å². The number of rotatable bonds is 9. The van der Waals surface area contributed by atoms with Gasteiger partial charge in [0, 0.05) is 36.3 Å². The zero-order valence-corrected chi connectivity index (χ0v) is 24.3. The Morgan fingerprint density at radius 1 is 1.25 bits per heavy atom. The van der Waals surface area contributed by atoms with Gasteiger partial charge in [0.15, 0.2) is 5.96 Å². The van der Waals surface area contributed by atoms with Gasteiger partial charge in [0.2, 0.25) is 5.91 Å². The maximum atomic E-state index is 14.2. The zero-order chi connectivity index (χ0) is 29.2. The molecule has 0 spiro atoms. The van der Waals surface area contributed by atoms with Crippen LogP contribution in [0.2, 0.25) is 0 Å². The number of ether oxygens (including phenoxy) is 2. The second-order valence-corrected chi connectivity index (χ2v) is 11.5. The molecule has 0 radical (unpaired) electrons. The van der Waals surface area contributed by atoms with Crippen LogP contribution in [-0.2, 0) is 9.53 Å². The van der Waals surface area contributed by atoms with Gasteiger partial charge in [-0.25, -0.2) is 4.39 Å². The average Bonchev–Trinajstić information content (AvgIpc) is 2.92.